The Morgan fingerprint density at radius 1 is 1.28 bits per heavy atom. The highest BCUT2D eigenvalue weighted by Crippen LogP contribution is 2.30. The first-order valence-corrected chi connectivity index (χ1v) is 7.08. The van der Waals surface area contributed by atoms with E-state index in [1.54, 1.807) is 0 Å². The lowest BCUT2D eigenvalue weighted by Crippen LogP contribution is -2.16. The van der Waals surface area contributed by atoms with Crippen LogP contribution in [-0.2, 0) is 0 Å². The first-order valence-electron chi connectivity index (χ1n) is 7.08. The van der Waals surface area contributed by atoms with Gasteiger partial charge in [-0.1, -0.05) is 38.5 Å². The van der Waals surface area contributed by atoms with Crippen molar-refractivity contribution in [3.8, 4) is 5.75 Å². The number of hydrogen-bond donors (Lipinski definition) is 1. The molecule has 2 heteroatoms. The van der Waals surface area contributed by atoms with Gasteiger partial charge in [0.2, 0.25) is 0 Å². The van der Waals surface area contributed by atoms with Crippen molar-refractivity contribution in [2.75, 3.05) is 6.61 Å². The average molecular weight is 248 g/mol. The number of aliphatic hydroxyl groups excluding tert-OH is 1. The van der Waals surface area contributed by atoms with E-state index >= 15 is 0 Å². The van der Waals surface area contributed by atoms with Crippen molar-refractivity contribution in [1.82, 2.24) is 0 Å². The summed E-state index contributed by atoms with van der Waals surface area (Å²) in [6.45, 7) is 5.08. The molecule has 0 amide bonds. The van der Waals surface area contributed by atoms with E-state index in [1.165, 1.54) is 5.56 Å². The van der Waals surface area contributed by atoms with Crippen LogP contribution in [0.25, 0.3) is 0 Å². The molecule has 1 aliphatic rings. The summed E-state index contributed by atoms with van der Waals surface area (Å²) in [6, 6.07) is 8.25. The highest BCUT2D eigenvalue weighted by Gasteiger charge is 2.24. The average Bonchev–Trinajstić information content (AvgIpc) is 2.76. The van der Waals surface area contributed by atoms with Crippen LogP contribution in [0.15, 0.2) is 24.3 Å². The van der Waals surface area contributed by atoms with Gasteiger partial charge in [-0.2, -0.15) is 0 Å². The second-order valence-corrected chi connectivity index (χ2v) is 5.59. The van der Waals surface area contributed by atoms with E-state index in [0.717, 1.165) is 31.4 Å². The van der Waals surface area contributed by atoms with E-state index in [0.29, 0.717) is 18.4 Å². The number of ether oxygens (including phenoxy) is 1. The van der Waals surface area contributed by atoms with Crippen molar-refractivity contribution >= 4 is 0 Å². The van der Waals surface area contributed by atoms with E-state index in [2.05, 4.69) is 26.0 Å². The van der Waals surface area contributed by atoms with Gasteiger partial charge in [-0.15, -0.1) is 0 Å². The summed E-state index contributed by atoms with van der Waals surface area (Å²) < 4.78 is 5.90. The minimum Gasteiger partial charge on any atom is -0.493 e. The van der Waals surface area contributed by atoms with Crippen LogP contribution in [0.3, 0.4) is 0 Å². The van der Waals surface area contributed by atoms with Crippen LogP contribution in [0.4, 0.5) is 0 Å². The molecule has 1 saturated carbocycles. The fourth-order valence-electron chi connectivity index (χ4n) is 2.76. The fraction of sp³-hybridized carbons (Fsp3) is 0.625. The van der Waals surface area contributed by atoms with Gasteiger partial charge in [-0.3, -0.25) is 0 Å². The van der Waals surface area contributed by atoms with E-state index in [1.807, 2.05) is 12.1 Å². The summed E-state index contributed by atoms with van der Waals surface area (Å²) in [5.41, 5.74) is 1.27. The van der Waals surface area contributed by atoms with Gasteiger partial charge in [0.05, 0.1) is 12.7 Å². The normalized spacial score (nSPS) is 23.6. The molecule has 2 rings (SSSR count). The largest absolute Gasteiger partial charge is 0.493 e. The second-order valence-electron chi connectivity index (χ2n) is 5.59. The maximum Gasteiger partial charge on any atom is 0.122 e. The predicted molar refractivity (Wildman–Crippen MR) is 74.0 cm³/mol. The highest BCUT2D eigenvalue weighted by molar-refractivity contribution is 5.35. The molecule has 1 N–H and O–H groups in total. The quantitative estimate of drug-likeness (QED) is 0.860. The minimum absolute atomic E-state index is 0.103. The Labute approximate surface area is 110 Å². The first-order chi connectivity index (χ1) is 8.68. The van der Waals surface area contributed by atoms with Crippen molar-refractivity contribution < 1.29 is 9.84 Å². The van der Waals surface area contributed by atoms with Crippen LogP contribution >= 0.6 is 0 Å². The maximum absolute atomic E-state index is 9.77. The number of hydrogen-bond acceptors (Lipinski definition) is 2. The van der Waals surface area contributed by atoms with Crippen LogP contribution < -0.4 is 4.74 Å². The number of aliphatic hydroxyl groups is 1. The third kappa shape index (κ3) is 3.26. The standard InChI is InChI=1S/C16H24O2/c1-12(2)14-7-3-4-9-16(14)18-11-10-13-6-5-8-15(13)17/h3-4,7,9,12-13,15,17H,5-6,8,10-11H2,1-2H3. The van der Waals surface area contributed by atoms with E-state index in [-0.39, 0.29) is 6.10 Å². The molecule has 1 aromatic rings. The zero-order valence-electron chi connectivity index (χ0n) is 11.4. The molecule has 0 aromatic heterocycles. The Morgan fingerprint density at radius 2 is 2.06 bits per heavy atom. The highest BCUT2D eigenvalue weighted by atomic mass is 16.5. The number of benzene rings is 1. The Bertz CT molecular complexity index is 373. The summed E-state index contributed by atoms with van der Waals surface area (Å²) in [5, 5.41) is 9.77. The van der Waals surface area contributed by atoms with E-state index in [9.17, 15) is 5.11 Å². The topological polar surface area (TPSA) is 29.5 Å². The molecule has 0 heterocycles. The van der Waals surface area contributed by atoms with Crippen molar-refractivity contribution in [3.63, 3.8) is 0 Å². The van der Waals surface area contributed by atoms with E-state index in [4.69, 9.17) is 4.74 Å². The lowest BCUT2D eigenvalue weighted by molar-refractivity contribution is 0.116. The van der Waals surface area contributed by atoms with Gasteiger partial charge in [0, 0.05) is 0 Å². The maximum atomic E-state index is 9.77. The van der Waals surface area contributed by atoms with Crippen LogP contribution in [0.1, 0.15) is 51.0 Å². The van der Waals surface area contributed by atoms with Crippen LogP contribution in [0, 0.1) is 5.92 Å². The second kappa shape index (κ2) is 6.24. The zero-order chi connectivity index (χ0) is 13.0. The number of rotatable bonds is 5. The van der Waals surface area contributed by atoms with Gasteiger partial charge < -0.3 is 9.84 Å². The Hall–Kier alpha value is -1.02. The van der Waals surface area contributed by atoms with Gasteiger partial charge in [-0.05, 0) is 42.7 Å². The molecular weight excluding hydrogens is 224 g/mol. The molecule has 0 bridgehead atoms. The SMILES string of the molecule is CC(C)c1ccccc1OCCC1CCCC1O. The van der Waals surface area contributed by atoms with Crippen molar-refractivity contribution in [2.24, 2.45) is 5.92 Å². The van der Waals surface area contributed by atoms with Crippen molar-refractivity contribution in [1.29, 1.82) is 0 Å². The van der Waals surface area contributed by atoms with Crippen LogP contribution in [0.2, 0.25) is 0 Å². The van der Waals surface area contributed by atoms with Gasteiger partial charge in [-0.25, -0.2) is 0 Å². The molecule has 0 spiro atoms. The third-order valence-corrected chi connectivity index (χ3v) is 3.91. The van der Waals surface area contributed by atoms with Gasteiger partial charge in [0.15, 0.2) is 0 Å². The van der Waals surface area contributed by atoms with Gasteiger partial charge >= 0.3 is 0 Å². The van der Waals surface area contributed by atoms with Gasteiger partial charge in [0.1, 0.15) is 5.75 Å². The molecule has 2 atom stereocenters. The molecule has 1 aromatic carbocycles. The van der Waals surface area contributed by atoms with Crippen LogP contribution in [-0.4, -0.2) is 17.8 Å². The Morgan fingerprint density at radius 3 is 2.72 bits per heavy atom. The summed E-state index contributed by atoms with van der Waals surface area (Å²) >= 11 is 0. The van der Waals surface area contributed by atoms with Gasteiger partial charge in [0.25, 0.3) is 0 Å². The molecule has 18 heavy (non-hydrogen) atoms. The number of para-hydroxylation sites is 1. The van der Waals surface area contributed by atoms with Crippen molar-refractivity contribution in [3.05, 3.63) is 29.8 Å². The Balaban J connectivity index is 1.86. The van der Waals surface area contributed by atoms with E-state index < -0.39 is 0 Å². The van der Waals surface area contributed by atoms with Crippen LogP contribution in [0.5, 0.6) is 5.75 Å². The monoisotopic (exact) mass is 248 g/mol. The lowest BCUT2D eigenvalue weighted by Gasteiger charge is -2.17. The molecule has 0 radical (unpaired) electrons. The smallest absolute Gasteiger partial charge is 0.122 e. The predicted octanol–water partition coefficient (Wildman–Crippen LogP) is 3.74. The summed E-state index contributed by atoms with van der Waals surface area (Å²) in [5.74, 6) is 1.93. The third-order valence-electron chi connectivity index (χ3n) is 3.91. The molecule has 2 nitrogen and oxygen atoms in total. The molecule has 1 aliphatic carbocycles. The molecular formula is C16H24O2. The minimum atomic E-state index is -0.103. The molecule has 100 valence electrons. The van der Waals surface area contributed by atoms with Crippen molar-refractivity contribution in [2.45, 2.75) is 51.6 Å². The lowest BCUT2D eigenvalue weighted by atomic mass is 10.0. The molecule has 0 aliphatic heterocycles. The fourth-order valence-corrected chi connectivity index (χ4v) is 2.76. The first kappa shape index (κ1) is 13.4. The summed E-state index contributed by atoms with van der Waals surface area (Å²) in [6.07, 6.45) is 4.14. The molecule has 0 saturated heterocycles. The Kier molecular flexibility index (Phi) is 4.65. The molecule has 2 unspecified atom stereocenters. The summed E-state index contributed by atoms with van der Waals surface area (Å²) in [4.78, 5) is 0. The zero-order valence-corrected chi connectivity index (χ0v) is 11.4. The summed E-state index contributed by atoms with van der Waals surface area (Å²) in [7, 11) is 0. The molecule has 1 fully saturated rings.